The molecule has 2 nitrogen and oxygen atoms in total. The number of rotatable bonds is 5. The summed E-state index contributed by atoms with van der Waals surface area (Å²) >= 11 is 0. The van der Waals surface area contributed by atoms with E-state index >= 15 is 0 Å². The highest BCUT2D eigenvalue weighted by Gasteiger charge is 2.24. The number of hydrogen-bond donors (Lipinski definition) is 1. The molecular formula is C13H18FNO. The normalized spacial score (nSPS) is 18.5. The predicted molar refractivity (Wildman–Crippen MR) is 62.7 cm³/mol. The number of nitrogens with one attached hydrogen (secondary N) is 1. The standard InChI is InChI=1S/C13H18FNO/c1-2-15-12-7-6-11-10(12)4-3-5-13(11)16-9-8-14/h3-5,12,15H,2,6-9H2,1H3. The molecule has 0 aliphatic heterocycles. The van der Waals surface area contributed by atoms with Crippen LogP contribution in [0, 0.1) is 0 Å². The van der Waals surface area contributed by atoms with Gasteiger partial charge in [0.05, 0.1) is 0 Å². The quantitative estimate of drug-likeness (QED) is 0.828. The maximum absolute atomic E-state index is 12.1. The SMILES string of the molecule is CCNC1CCc2c(OCCF)cccc21. The molecule has 0 aromatic heterocycles. The number of alkyl halides is 1. The summed E-state index contributed by atoms with van der Waals surface area (Å²) in [5.41, 5.74) is 2.57. The van der Waals surface area contributed by atoms with Crippen LogP contribution in [0.1, 0.15) is 30.5 Å². The van der Waals surface area contributed by atoms with Gasteiger partial charge in [-0.15, -0.1) is 0 Å². The number of halogens is 1. The Morgan fingerprint density at radius 3 is 3.12 bits per heavy atom. The lowest BCUT2D eigenvalue weighted by Crippen LogP contribution is -2.18. The van der Waals surface area contributed by atoms with Crippen molar-refractivity contribution in [3.8, 4) is 5.75 Å². The zero-order chi connectivity index (χ0) is 11.4. The van der Waals surface area contributed by atoms with Crippen molar-refractivity contribution in [1.82, 2.24) is 5.32 Å². The summed E-state index contributed by atoms with van der Waals surface area (Å²) < 4.78 is 17.5. The summed E-state index contributed by atoms with van der Waals surface area (Å²) in [5.74, 6) is 0.857. The molecule has 1 atom stereocenters. The average Bonchev–Trinajstić information content (AvgIpc) is 2.71. The second-order valence-electron chi connectivity index (χ2n) is 4.01. The molecule has 0 bridgehead atoms. The Morgan fingerprint density at radius 1 is 1.50 bits per heavy atom. The molecule has 3 heteroatoms. The molecule has 16 heavy (non-hydrogen) atoms. The third-order valence-electron chi connectivity index (χ3n) is 3.01. The van der Waals surface area contributed by atoms with E-state index in [2.05, 4.69) is 18.3 Å². The number of fused-ring (bicyclic) bond motifs is 1. The minimum atomic E-state index is -0.430. The molecule has 0 heterocycles. The van der Waals surface area contributed by atoms with E-state index in [1.165, 1.54) is 11.1 Å². The minimum absolute atomic E-state index is 0.155. The van der Waals surface area contributed by atoms with Crippen molar-refractivity contribution in [2.45, 2.75) is 25.8 Å². The summed E-state index contributed by atoms with van der Waals surface area (Å²) in [4.78, 5) is 0. The van der Waals surface area contributed by atoms with Gasteiger partial charge >= 0.3 is 0 Å². The van der Waals surface area contributed by atoms with Crippen molar-refractivity contribution in [2.24, 2.45) is 0 Å². The van der Waals surface area contributed by atoms with Crippen molar-refractivity contribution >= 4 is 0 Å². The summed E-state index contributed by atoms with van der Waals surface area (Å²) in [5, 5.41) is 3.45. The fourth-order valence-corrected chi connectivity index (χ4v) is 2.36. The van der Waals surface area contributed by atoms with Gasteiger partial charge in [0.25, 0.3) is 0 Å². The van der Waals surface area contributed by atoms with Gasteiger partial charge in [-0.3, -0.25) is 0 Å². The fourth-order valence-electron chi connectivity index (χ4n) is 2.36. The van der Waals surface area contributed by atoms with Crippen LogP contribution < -0.4 is 10.1 Å². The highest BCUT2D eigenvalue weighted by atomic mass is 19.1. The maximum Gasteiger partial charge on any atom is 0.123 e. The van der Waals surface area contributed by atoms with E-state index in [0.717, 1.165) is 25.1 Å². The topological polar surface area (TPSA) is 21.3 Å². The molecule has 88 valence electrons. The van der Waals surface area contributed by atoms with Crippen molar-refractivity contribution in [2.75, 3.05) is 19.8 Å². The van der Waals surface area contributed by atoms with Crippen LogP contribution in [0.5, 0.6) is 5.75 Å². The number of benzene rings is 1. The van der Waals surface area contributed by atoms with Crippen molar-refractivity contribution in [1.29, 1.82) is 0 Å². The Kier molecular flexibility index (Phi) is 3.78. The molecule has 0 saturated heterocycles. The average molecular weight is 223 g/mol. The fraction of sp³-hybridized carbons (Fsp3) is 0.538. The highest BCUT2D eigenvalue weighted by molar-refractivity contribution is 5.45. The van der Waals surface area contributed by atoms with Gasteiger partial charge in [0.2, 0.25) is 0 Å². The smallest absolute Gasteiger partial charge is 0.123 e. The molecule has 1 aromatic carbocycles. The third kappa shape index (κ3) is 2.19. The summed E-state index contributed by atoms with van der Waals surface area (Å²) in [6, 6.07) is 6.50. The molecule has 1 aliphatic carbocycles. The first-order valence-corrected chi connectivity index (χ1v) is 5.90. The Bertz CT molecular complexity index is 354. The molecule has 1 aliphatic rings. The first-order chi connectivity index (χ1) is 7.86. The lowest BCUT2D eigenvalue weighted by Gasteiger charge is -2.13. The number of hydrogen-bond acceptors (Lipinski definition) is 2. The van der Waals surface area contributed by atoms with Gasteiger partial charge in [-0.05, 0) is 36.6 Å². The summed E-state index contributed by atoms with van der Waals surface area (Å²) in [6.07, 6.45) is 2.13. The minimum Gasteiger partial charge on any atom is -0.491 e. The zero-order valence-corrected chi connectivity index (χ0v) is 9.63. The molecule has 0 fully saturated rings. The van der Waals surface area contributed by atoms with Gasteiger partial charge < -0.3 is 10.1 Å². The van der Waals surface area contributed by atoms with Crippen LogP contribution in [-0.2, 0) is 6.42 Å². The Hall–Kier alpha value is -1.09. The Balaban J connectivity index is 2.18. The van der Waals surface area contributed by atoms with Crippen LogP contribution in [-0.4, -0.2) is 19.8 Å². The molecule has 0 saturated carbocycles. The molecule has 0 amide bonds. The van der Waals surface area contributed by atoms with Crippen LogP contribution in [0.2, 0.25) is 0 Å². The molecule has 1 unspecified atom stereocenters. The molecule has 0 spiro atoms. The lowest BCUT2D eigenvalue weighted by molar-refractivity contribution is 0.271. The van der Waals surface area contributed by atoms with Crippen molar-refractivity contribution < 1.29 is 9.13 Å². The van der Waals surface area contributed by atoms with Gasteiger partial charge in [0.1, 0.15) is 19.0 Å². The molecule has 1 N–H and O–H groups in total. The molecular weight excluding hydrogens is 205 g/mol. The van der Waals surface area contributed by atoms with Gasteiger partial charge in [-0.25, -0.2) is 4.39 Å². The van der Waals surface area contributed by atoms with Crippen LogP contribution in [0.15, 0.2) is 18.2 Å². The van der Waals surface area contributed by atoms with Gasteiger partial charge in [0.15, 0.2) is 0 Å². The third-order valence-corrected chi connectivity index (χ3v) is 3.01. The van der Waals surface area contributed by atoms with E-state index in [1.54, 1.807) is 0 Å². The van der Waals surface area contributed by atoms with Crippen LogP contribution in [0.4, 0.5) is 4.39 Å². The van der Waals surface area contributed by atoms with E-state index in [4.69, 9.17) is 4.74 Å². The maximum atomic E-state index is 12.1. The van der Waals surface area contributed by atoms with E-state index in [9.17, 15) is 4.39 Å². The first kappa shape index (κ1) is 11.4. The van der Waals surface area contributed by atoms with E-state index < -0.39 is 6.67 Å². The van der Waals surface area contributed by atoms with E-state index in [1.807, 2.05) is 12.1 Å². The molecule has 2 rings (SSSR count). The van der Waals surface area contributed by atoms with Gasteiger partial charge in [-0.2, -0.15) is 0 Å². The van der Waals surface area contributed by atoms with Crippen molar-refractivity contribution in [3.05, 3.63) is 29.3 Å². The predicted octanol–water partition coefficient (Wildman–Crippen LogP) is 2.63. The second kappa shape index (κ2) is 5.30. The van der Waals surface area contributed by atoms with Crippen LogP contribution in [0.3, 0.4) is 0 Å². The number of ether oxygens (including phenoxy) is 1. The Morgan fingerprint density at radius 2 is 2.38 bits per heavy atom. The largest absolute Gasteiger partial charge is 0.491 e. The lowest BCUT2D eigenvalue weighted by atomic mass is 10.1. The molecule has 0 radical (unpaired) electrons. The van der Waals surface area contributed by atoms with Crippen LogP contribution >= 0.6 is 0 Å². The van der Waals surface area contributed by atoms with Gasteiger partial charge in [0, 0.05) is 6.04 Å². The summed E-state index contributed by atoms with van der Waals surface area (Å²) in [6.45, 7) is 2.81. The monoisotopic (exact) mass is 223 g/mol. The Labute approximate surface area is 95.8 Å². The zero-order valence-electron chi connectivity index (χ0n) is 9.63. The molecule has 1 aromatic rings. The first-order valence-electron chi connectivity index (χ1n) is 5.90. The van der Waals surface area contributed by atoms with E-state index in [-0.39, 0.29) is 6.61 Å². The van der Waals surface area contributed by atoms with Crippen LogP contribution in [0.25, 0.3) is 0 Å². The van der Waals surface area contributed by atoms with Gasteiger partial charge in [-0.1, -0.05) is 19.1 Å². The second-order valence-corrected chi connectivity index (χ2v) is 4.01. The van der Waals surface area contributed by atoms with E-state index in [0.29, 0.717) is 6.04 Å². The van der Waals surface area contributed by atoms with Crippen molar-refractivity contribution in [3.63, 3.8) is 0 Å². The highest BCUT2D eigenvalue weighted by Crippen LogP contribution is 2.36. The summed E-state index contributed by atoms with van der Waals surface area (Å²) in [7, 11) is 0.